The summed E-state index contributed by atoms with van der Waals surface area (Å²) in [6.07, 6.45) is 0.188. The zero-order valence-electron chi connectivity index (χ0n) is 9.67. The van der Waals surface area contributed by atoms with E-state index in [1.807, 2.05) is 6.07 Å². The van der Waals surface area contributed by atoms with Crippen LogP contribution in [-0.2, 0) is 11.2 Å². The highest BCUT2D eigenvalue weighted by Gasteiger charge is 2.08. The molecule has 0 bridgehead atoms. The van der Waals surface area contributed by atoms with Gasteiger partial charge in [-0.05, 0) is 17.7 Å². The van der Waals surface area contributed by atoms with E-state index in [0.29, 0.717) is 11.5 Å². The van der Waals surface area contributed by atoms with Crippen LogP contribution < -0.4 is 5.32 Å². The SMILES string of the molecule is Cc1nnc(NC(=O)Cc2ccc(C#N)cc2)o1. The summed E-state index contributed by atoms with van der Waals surface area (Å²) in [4.78, 5) is 11.6. The van der Waals surface area contributed by atoms with Crippen molar-refractivity contribution in [2.24, 2.45) is 0 Å². The van der Waals surface area contributed by atoms with Gasteiger partial charge in [-0.15, -0.1) is 5.10 Å². The summed E-state index contributed by atoms with van der Waals surface area (Å²) in [6.45, 7) is 1.64. The molecule has 1 amide bonds. The van der Waals surface area contributed by atoms with Crippen molar-refractivity contribution in [1.82, 2.24) is 10.2 Å². The van der Waals surface area contributed by atoms with Crippen LogP contribution in [0.25, 0.3) is 0 Å². The molecule has 0 aliphatic rings. The Balaban J connectivity index is 1.96. The van der Waals surface area contributed by atoms with Gasteiger partial charge in [0.05, 0.1) is 18.1 Å². The van der Waals surface area contributed by atoms with E-state index in [1.165, 1.54) is 0 Å². The third-order valence-electron chi connectivity index (χ3n) is 2.22. The number of nitriles is 1. The molecule has 1 heterocycles. The summed E-state index contributed by atoms with van der Waals surface area (Å²) in [6, 6.07) is 8.90. The lowest BCUT2D eigenvalue weighted by Gasteiger charge is -2.00. The van der Waals surface area contributed by atoms with Crippen LogP contribution in [0, 0.1) is 18.3 Å². The monoisotopic (exact) mass is 242 g/mol. The average molecular weight is 242 g/mol. The zero-order valence-corrected chi connectivity index (χ0v) is 9.67. The molecule has 6 heteroatoms. The predicted octanol–water partition coefficient (Wildman–Crippen LogP) is 1.43. The van der Waals surface area contributed by atoms with Crippen molar-refractivity contribution in [2.45, 2.75) is 13.3 Å². The van der Waals surface area contributed by atoms with Crippen molar-refractivity contribution in [3.8, 4) is 6.07 Å². The van der Waals surface area contributed by atoms with E-state index >= 15 is 0 Å². The fourth-order valence-corrected chi connectivity index (χ4v) is 1.39. The Kier molecular flexibility index (Phi) is 3.34. The first kappa shape index (κ1) is 11.8. The molecule has 0 atom stereocenters. The van der Waals surface area contributed by atoms with Gasteiger partial charge in [0.15, 0.2) is 0 Å². The topological polar surface area (TPSA) is 91.8 Å². The Morgan fingerprint density at radius 2 is 2.11 bits per heavy atom. The number of hydrogen-bond acceptors (Lipinski definition) is 5. The van der Waals surface area contributed by atoms with Crippen LogP contribution in [0.5, 0.6) is 0 Å². The molecular formula is C12H10N4O2. The van der Waals surface area contributed by atoms with Gasteiger partial charge in [-0.2, -0.15) is 5.26 Å². The summed E-state index contributed by atoms with van der Waals surface area (Å²) in [5, 5.41) is 18.4. The number of anilines is 1. The van der Waals surface area contributed by atoms with E-state index in [2.05, 4.69) is 15.5 Å². The Morgan fingerprint density at radius 3 is 2.67 bits per heavy atom. The average Bonchev–Trinajstić information content (AvgIpc) is 2.75. The van der Waals surface area contributed by atoms with Gasteiger partial charge in [0.2, 0.25) is 11.8 Å². The number of hydrogen-bond donors (Lipinski definition) is 1. The molecule has 18 heavy (non-hydrogen) atoms. The van der Waals surface area contributed by atoms with Crippen LogP contribution in [0.4, 0.5) is 6.01 Å². The van der Waals surface area contributed by atoms with Crippen molar-refractivity contribution >= 4 is 11.9 Å². The smallest absolute Gasteiger partial charge is 0.322 e. The number of aromatic nitrogens is 2. The van der Waals surface area contributed by atoms with Crippen LogP contribution in [0.15, 0.2) is 28.7 Å². The van der Waals surface area contributed by atoms with Crippen LogP contribution >= 0.6 is 0 Å². The number of nitrogens with one attached hydrogen (secondary N) is 1. The van der Waals surface area contributed by atoms with Crippen molar-refractivity contribution in [3.05, 3.63) is 41.3 Å². The van der Waals surface area contributed by atoms with E-state index in [-0.39, 0.29) is 18.3 Å². The fraction of sp³-hybridized carbons (Fsp3) is 0.167. The summed E-state index contributed by atoms with van der Waals surface area (Å²) in [5.74, 6) is 0.145. The van der Waals surface area contributed by atoms with Gasteiger partial charge in [0.25, 0.3) is 0 Å². The second kappa shape index (κ2) is 5.10. The third kappa shape index (κ3) is 2.92. The lowest BCUT2D eigenvalue weighted by Crippen LogP contribution is -2.14. The molecule has 2 aromatic rings. The highest BCUT2D eigenvalue weighted by atomic mass is 16.4. The number of carbonyl (C=O) groups excluding carboxylic acids is 1. The second-order valence-electron chi connectivity index (χ2n) is 3.66. The molecule has 2 rings (SSSR count). The zero-order chi connectivity index (χ0) is 13.0. The minimum absolute atomic E-state index is 0.0890. The summed E-state index contributed by atoms with van der Waals surface area (Å²) in [5.41, 5.74) is 1.37. The van der Waals surface area contributed by atoms with E-state index < -0.39 is 0 Å². The molecule has 0 saturated heterocycles. The molecule has 0 spiro atoms. The number of amides is 1. The lowest BCUT2D eigenvalue weighted by atomic mass is 10.1. The number of benzene rings is 1. The van der Waals surface area contributed by atoms with Gasteiger partial charge < -0.3 is 4.42 Å². The van der Waals surface area contributed by atoms with Gasteiger partial charge in [-0.1, -0.05) is 17.2 Å². The molecule has 0 radical (unpaired) electrons. The van der Waals surface area contributed by atoms with E-state index in [4.69, 9.17) is 9.68 Å². The molecule has 90 valence electrons. The first-order chi connectivity index (χ1) is 8.67. The summed E-state index contributed by atoms with van der Waals surface area (Å²) in [7, 11) is 0. The van der Waals surface area contributed by atoms with Crippen LogP contribution in [-0.4, -0.2) is 16.1 Å². The highest BCUT2D eigenvalue weighted by molar-refractivity contribution is 5.90. The maximum absolute atomic E-state index is 11.6. The molecular weight excluding hydrogens is 232 g/mol. The first-order valence-electron chi connectivity index (χ1n) is 5.26. The van der Waals surface area contributed by atoms with Crippen LogP contribution in [0.2, 0.25) is 0 Å². The second-order valence-corrected chi connectivity index (χ2v) is 3.66. The molecule has 1 N–H and O–H groups in total. The number of aryl methyl sites for hydroxylation is 1. The minimum Gasteiger partial charge on any atom is -0.408 e. The molecule has 1 aromatic carbocycles. The summed E-state index contributed by atoms with van der Waals surface area (Å²) >= 11 is 0. The van der Waals surface area contributed by atoms with Crippen molar-refractivity contribution in [1.29, 1.82) is 5.26 Å². The number of rotatable bonds is 3. The standard InChI is InChI=1S/C12H10N4O2/c1-8-15-16-12(18-8)14-11(17)6-9-2-4-10(7-13)5-3-9/h2-5H,6H2,1H3,(H,14,16,17). The molecule has 1 aromatic heterocycles. The lowest BCUT2D eigenvalue weighted by molar-refractivity contribution is -0.115. The summed E-state index contributed by atoms with van der Waals surface area (Å²) < 4.78 is 5.03. The van der Waals surface area contributed by atoms with E-state index in [0.717, 1.165) is 5.56 Å². The van der Waals surface area contributed by atoms with Crippen molar-refractivity contribution < 1.29 is 9.21 Å². The number of nitrogens with zero attached hydrogens (tertiary/aromatic N) is 3. The van der Waals surface area contributed by atoms with E-state index in [9.17, 15) is 4.79 Å². The highest BCUT2D eigenvalue weighted by Crippen LogP contribution is 2.07. The first-order valence-corrected chi connectivity index (χ1v) is 5.26. The van der Waals surface area contributed by atoms with Crippen LogP contribution in [0.1, 0.15) is 17.0 Å². The van der Waals surface area contributed by atoms with Gasteiger partial charge >= 0.3 is 6.01 Å². The third-order valence-corrected chi connectivity index (χ3v) is 2.22. The minimum atomic E-state index is -0.247. The largest absolute Gasteiger partial charge is 0.408 e. The van der Waals surface area contributed by atoms with Crippen molar-refractivity contribution in [3.63, 3.8) is 0 Å². The Morgan fingerprint density at radius 1 is 1.39 bits per heavy atom. The molecule has 0 fully saturated rings. The maximum Gasteiger partial charge on any atom is 0.322 e. The Hall–Kier alpha value is -2.68. The molecule has 0 unspecified atom stereocenters. The Bertz CT molecular complexity index is 595. The van der Waals surface area contributed by atoms with Crippen molar-refractivity contribution in [2.75, 3.05) is 5.32 Å². The Labute approximate surface area is 103 Å². The normalized spacial score (nSPS) is 9.78. The molecule has 0 aliphatic carbocycles. The fourth-order valence-electron chi connectivity index (χ4n) is 1.39. The maximum atomic E-state index is 11.6. The van der Waals surface area contributed by atoms with E-state index in [1.54, 1.807) is 31.2 Å². The predicted molar refractivity (Wildman–Crippen MR) is 62.5 cm³/mol. The van der Waals surface area contributed by atoms with Gasteiger partial charge in [0, 0.05) is 6.92 Å². The molecule has 0 aliphatic heterocycles. The van der Waals surface area contributed by atoms with Gasteiger partial charge in [-0.3, -0.25) is 10.1 Å². The quantitative estimate of drug-likeness (QED) is 0.878. The van der Waals surface area contributed by atoms with Gasteiger partial charge in [0.1, 0.15) is 0 Å². The van der Waals surface area contributed by atoms with Crippen LogP contribution in [0.3, 0.4) is 0 Å². The molecule has 6 nitrogen and oxygen atoms in total. The molecule has 0 saturated carbocycles. The van der Waals surface area contributed by atoms with Gasteiger partial charge in [-0.25, -0.2) is 0 Å². The number of carbonyl (C=O) groups is 1.